The van der Waals surface area contributed by atoms with Crippen LogP contribution in [0.25, 0.3) is 0 Å². The molecule has 1 aromatic heterocycles. The first-order chi connectivity index (χ1) is 10.1. The summed E-state index contributed by atoms with van der Waals surface area (Å²) in [6.07, 6.45) is 4.71. The first-order valence-corrected chi connectivity index (χ1v) is 7.36. The molecule has 5 nitrogen and oxygen atoms in total. The number of aromatic hydroxyl groups is 1. The number of phenols is 1. The fraction of sp³-hybridized carbons (Fsp3) is 0.471. The largest absolute Gasteiger partial charge is 0.507 e. The molecule has 0 fully saturated rings. The summed E-state index contributed by atoms with van der Waals surface area (Å²) in [6, 6.07) is 3.95. The molecule has 1 N–H and O–H groups in total. The zero-order valence-corrected chi connectivity index (χ0v) is 14.1. The van der Waals surface area contributed by atoms with Crippen LogP contribution in [0.2, 0.25) is 0 Å². The van der Waals surface area contributed by atoms with Gasteiger partial charge in [0.15, 0.2) is 0 Å². The quantitative estimate of drug-likeness (QED) is 0.864. The van der Waals surface area contributed by atoms with E-state index in [0.717, 1.165) is 16.7 Å². The zero-order chi connectivity index (χ0) is 16.5. The zero-order valence-electron chi connectivity index (χ0n) is 14.1. The van der Waals surface area contributed by atoms with Crippen molar-refractivity contribution in [2.24, 2.45) is 5.10 Å². The lowest BCUT2D eigenvalue weighted by Crippen LogP contribution is -2.17. The van der Waals surface area contributed by atoms with Gasteiger partial charge in [-0.3, -0.25) is 0 Å². The van der Waals surface area contributed by atoms with Crippen molar-refractivity contribution in [3.05, 3.63) is 41.5 Å². The molecule has 0 radical (unpaired) electrons. The Kier molecular flexibility index (Phi) is 4.09. The molecule has 118 valence electrons. The molecule has 0 saturated heterocycles. The summed E-state index contributed by atoms with van der Waals surface area (Å²) in [5.41, 5.74) is 2.46. The van der Waals surface area contributed by atoms with Crippen LogP contribution in [0, 0.1) is 0 Å². The Labute approximate surface area is 131 Å². The van der Waals surface area contributed by atoms with Crippen molar-refractivity contribution in [3.63, 3.8) is 0 Å². The predicted molar refractivity (Wildman–Crippen MR) is 88.5 cm³/mol. The van der Waals surface area contributed by atoms with Crippen LogP contribution in [-0.2, 0) is 10.8 Å². The monoisotopic (exact) mass is 300 g/mol. The molecule has 0 aliphatic carbocycles. The van der Waals surface area contributed by atoms with Crippen LogP contribution >= 0.6 is 0 Å². The molecule has 0 amide bonds. The number of nitrogens with zero attached hydrogens (tertiary/aromatic N) is 4. The summed E-state index contributed by atoms with van der Waals surface area (Å²) in [6.45, 7) is 12.5. The molecule has 2 rings (SSSR count). The Hall–Kier alpha value is -2.17. The van der Waals surface area contributed by atoms with Crippen LogP contribution in [0.15, 0.2) is 29.9 Å². The van der Waals surface area contributed by atoms with Gasteiger partial charge >= 0.3 is 0 Å². The normalized spacial score (nSPS) is 13.0. The van der Waals surface area contributed by atoms with E-state index in [4.69, 9.17) is 0 Å². The number of aromatic nitrogens is 3. The van der Waals surface area contributed by atoms with E-state index in [0.29, 0.717) is 5.75 Å². The first kappa shape index (κ1) is 16.2. The average molecular weight is 300 g/mol. The number of hydrogen-bond donors (Lipinski definition) is 1. The van der Waals surface area contributed by atoms with Gasteiger partial charge in [-0.05, 0) is 28.5 Å². The Morgan fingerprint density at radius 1 is 1.05 bits per heavy atom. The van der Waals surface area contributed by atoms with Gasteiger partial charge in [0, 0.05) is 11.1 Å². The lowest BCUT2D eigenvalue weighted by Gasteiger charge is -2.27. The lowest BCUT2D eigenvalue weighted by atomic mass is 9.78. The molecule has 2 aromatic rings. The van der Waals surface area contributed by atoms with E-state index in [2.05, 4.69) is 56.7 Å². The number of phenolic OH excluding ortho intramolecular Hbond substituents is 1. The van der Waals surface area contributed by atoms with Crippen molar-refractivity contribution < 1.29 is 5.11 Å². The van der Waals surface area contributed by atoms with E-state index in [9.17, 15) is 5.11 Å². The molecule has 0 spiro atoms. The summed E-state index contributed by atoms with van der Waals surface area (Å²) < 4.78 is 0. The topological polar surface area (TPSA) is 63.3 Å². The number of hydrogen-bond acceptors (Lipinski definition) is 4. The second-order valence-electron chi connectivity index (χ2n) is 7.53. The summed E-state index contributed by atoms with van der Waals surface area (Å²) in [5.74, 6) is 0.373. The van der Waals surface area contributed by atoms with Crippen molar-refractivity contribution in [2.75, 3.05) is 0 Å². The third-order valence-corrected chi connectivity index (χ3v) is 3.48. The van der Waals surface area contributed by atoms with E-state index in [1.54, 1.807) is 6.21 Å². The fourth-order valence-corrected chi connectivity index (χ4v) is 2.26. The van der Waals surface area contributed by atoms with Gasteiger partial charge in [-0.25, -0.2) is 4.98 Å². The molecular formula is C17H24N4O. The van der Waals surface area contributed by atoms with Gasteiger partial charge < -0.3 is 5.11 Å². The standard InChI is InChI=1S/C17H24N4O/c1-16(2,3)13-7-12(9-19-21-11-18-10-20-21)8-14(15(13)22)17(4,5)6/h7-11,22H,1-6H3. The Morgan fingerprint density at radius 3 is 2.00 bits per heavy atom. The van der Waals surface area contributed by atoms with Gasteiger partial charge in [-0.15, -0.1) is 9.89 Å². The van der Waals surface area contributed by atoms with Crippen LogP contribution < -0.4 is 0 Å². The minimum atomic E-state index is -0.152. The number of rotatable bonds is 2. The van der Waals surface area contributed by atoms with Crippen molar-refractivity contribution in [3.8, 4) is 5.75 Å². The molecule has 1 heterocycles. The second-order valence-corrected chi connectivity index (χ2v) is 7.53. The SMILES string of the molecule is CC(C)(C)c1cc(C=Nn2cncn2)cc(C(C)(C)C)c1O. The molecule has 22 heavy (non-hydrogen) atoms. The van der Waals surface area contributed by atoms with Crippen molar-refractivity contribution in [2.45, 2.75) is 52.4 Å². The Morgan fingerprint density at radius 2 is 1.59 bits per heavy atom. The maximum atomic E-state index is 10.7. The average Bonchev–Trinajstić information content (AvgIpc) is 2.87. The minimum Gasteiger partial charge on any atom is -0.507 e. The fourth-order valence-electron chi connectivity index (χ4n) is 2.26. The molecule has 5 heteroatoms. The molecule has 0 aliphatic heterocycles. The third-order valence-electron chi connectivity index (χ3n) is 3.48. The van der Waals surface area contributed by atoms with Gasteiger partial charge in [0.25, 0.3) is 0 Å². The van der Waals surface area contributed by atoms with Gasteiger partial charge in [-0.1, -0.05) is 41.5 Å². The van der Waals surface area contributed by atoms with Gasteiger partial charge in [0.1, 0.15) is 18.4 Å². The molecular weight excluding hydrogens is 276 g/mol. The highest BCUT2D eigenvalue weighted by Crippen LogP contribution is 2.39. The number of benzene rings is 1. The first-order valence-electron chi connectivity index (χ1n) is 7.36. The maximum absolute atomic E-state index is 10.7. The van der Waals surface area contributed by atoms with Crippen molar-refractivity contribution in [1.82, 2.24) is 14.9 Å². The smallest absolute Gasteiger partial charge is 0.139 e. The summed E-state index contributed by atoms with van der Waals surface area (Å²) in [4.78, 5) is 5.26. The molecule has 0 unspecified atom stereocenters. The van der Waals surface area contributed by atoms with Crippen molar-refractivity contribution in [1.29, 1.82) is 0 Å². The summed E-state index contributed by atoms with van der Waals surface area (Å²) in [7, 11) is 0. The molecule has 0 bridgehead atoms. The highest BCUT2D eigenvalue weighted by atomic mass is 16.3. The van der Waals surface area contributed by atoms with Crippen LogP contribution in [0.5, 0.6) is 5.75 Å². The van der Waals surface area contributed by atoms with Gasteiger partial charge in [0.2, 0.25) is 0 Å². The summed E-state index contributed by atoms with van der Waals surface area (Å²) >= 11 is 0. The highest BCUT2D eigenvalue weighted by Gasteiger charge is 2.26. The van der Waals surface area contributed by atoms with Crippen molar-refractivity contribution >= 4 is 6.21 Å². The van der Waals surface area contributed by atoms with E-state index in [1.807, 2.05) is 12.1 Å². The lowest BCUT2D eigenvalue weighted by molar-refractivity contribution is 0.423. The molecule has 0 saturated carbocycles. The third kappa shape index (κ3) is 3.53. The van der Waals surface area contributed by atoms with Gasteiger partial charge in [-0.2, -0.15) is 5.10 Å². The molecule has 0 atom stereocenters. The predicted octanol–water partition coefficient (Wildman–Crippen LogP) is 3.46. The van der Waals surface area contributed by atoms with E-state index >= 15 is 0 Å². The Bertz CT molecular complexity index is 639. The highest BCUT2D eigenvalue weighted by molar-refractivity contribution is 5.81. The van der Waals surface area contributed by atoms with Crippen LogP contribution in [0.1, 0.15) is 58.2 Å². The van der Waals surface area contributed by atoms with Crippen LogP contribution in [0.3, 0.4) is 0 Å². The summed E-state index contributed by atoms with van der Waals surface area (Å²) in [5, 5.41) is 18.9. The van der Waals surface area contributed by atoms with E-state index in [1.165, 1.54) is 17.4 Å². The molecule has 0 aliphatic rings. The maximum Gasteiger partial charge on any atom is 0.139 e. The van der Waals surface area contributed by atoms with E-state index in [-0.39, 0.29) is 10.8 Å². The Balaban J connectivity index is 2.55. The van der Waals surface area contributed by atoms with E-state index < -0.39 is 0 Å². The second kappa shape index (κ2) is 5.55. The van der Waals surface area contributed by atoms with Crippen LogP contribution in [0.4, 0.5) is 0 Å². The van der Waals surface area contributed by atoms with Crippen LogP contribution in [-0.4, -0.2) is 26.2 Å². The van der Waals surface area contributed by atoms with Gasteiger partial charge in [0.05, 0.1) is 6.21 Å². The molecule has 1 aromatic carbocycles. The minimum absolute atomic E-state index is 0.152.